The fourth-order valence-electron chi connectivity index (χ4n) is 2.03. The predicted molar refractivity (Wildman–Crippen MR) is 93.9 cm³/mol. The Balaban J connectivity index is 1.87. The van der Waals surface area contributed by atoms with E-state index in [-0.39, 0.29) is 11.0 Å². The normalized spacial score (nSPS) is 11.1. The molecule has 0 atom stereocenters. The molecule has 0 bridgehead atoms. The molecule has 25 heavy (non-hydrogen) atoms. The monoisotopic (exact) mass is 362 g/mol. The van der Waals surface area contributed by atoms with E-state index in [1.807, 2.05) is 19.0 Å². The molecule has 0 aliphatic heterocycles. The standard InChI is InChI=1S/C16H16ClFN6O/c1-24(2)5-6-25-16-19-8-13-14(23-16)15(21-9-20-13)22-10-3-4-12(18)11(17)7-10/h3-4,7-9H,5-6H2,1-2H3,(H,20,21,22). The van der Waals surface area contributed by atoms with Crippen LogP contribution in [0.2, 0.25) is 5.02 Å². The summed E-state index contributed by atoms with van der Waals surface area (Å²) in [7, 11) is 3.91. The molecular formula is C16H16ClFN6O. The number of fused-ring (bicyclic) bond motifs is 1. The van der Waals surface area contributed by atoms with Gasteiger partial charge in [-0.25, -0.2) is 19.3 Å². The third kappa shape index (κ3) is 4.28. The van der Waals surface area contributed by atoms with Gasteiger partial charge < -0.3 is 15.0 Å². The molecule has 1 N–H and O–H groups in total. The lowest BCUT2D eigenvalue weighted by molar-refractivity contribution is 0.246. The molecule has 3 aromatic rings. The zero-order valence-corrected chi connectivity index (χ0v) is 14.5. The Morgan fingerprint density at radius 1 is 1.24 bits per heavy atom. The molecule has 7 nitrogen and oxygen atoms in total. The largest absolute Gasteiger partial charge is 0.462 e. The van der Waals surface area contributed by atoms with Gasteiger partial charge in [-0.2, -0.15) is 4.98 Å². The van der Waals surface area contributed by atoms with Crippen LogP contribution in [0, 0.1) is 5.82 Å². The summed E-state index contributed by atoms with van der Waals surface area (Å²) >= 11 is 5.81. The van der Waals surface area contributed by atoms with E-state index >= 15 is 0 Å². The summed E-state index contributed by atoms with van der Waals surface area (Å²) in [5, 5.41) is 3.08. The zero-order chi connectivity index (χ0) is 17.8. The summed E-state index contributed by atoms with van der Waals surface area (Å²) in [5.41, 5.74) is 1.64. The van der Waals surface area contributed by atoms with Gasteiger partial charge in [0.1, 0.15) is 29.8 Å². The number of likely N-dealkylation sites (N-methyl/N-ethyl adjacent to an activating group) is 1. The fourth-order valence-corrected chi connectivity index (χ4v) is 2.21. The van der Waals surface area contributed by atoms with Crippen molar-refractivity contribution < 1.29 is 9.13 Å². The van der Waals surface area contributed by atoms with Gasteiger partial charge in [0.25, 0.3) is 0 Å². The Morgan fingerprint density at radius 3 is 2.84 bits per heavy atom. The van der Waals surface area contributed by atoms with Crippen LogP contribution in [0.25, 0.3) is 11.0 Å². The van der Waals surface area contributed by atoms with E-state index in [9.17, 15) is 4.39 Å². The molecule has 0 fully saturated rings. The average Bonchev–Trinajstić information content (AvgIpc) is 2.58. The average molecular weight is 363 g/mol. The number of aromatic nitrogens is 4. The van der Waals surface area contributed by atoms with Crippen molar-refractivity contribution in [2.24, 2.45) is 0 Å². The van der Waals surface area contributed by atoms with Crippen molar-refractivity contribution >= 4 is 34.1 Å². The Bertz CT molecular complexity index is 892. The van der Waals surface area contributed by atoms with Crippen molar-refractivity contribution in [3.63, 3.8) is 0 Å². The Hall–Kier alpha value is -2.58. The maximum atomic E-state index is 13.3. The van der Waals surface area contributed by atoms with Gasteiger partial charge in [0.2, 0.25) is 0 Å². The first-order chi connectivity index (χ1) is 12.0. The molecule has 130 valence electrons. The SMILES string of the molecule is CN(C)CCOc1ncc2ncnc(Nc3ccc(F)c(Cl)c3)c2n1. The lowest BCUT2D eigenvalue weighted by Crippen LogP contribution is -2.20. The molecule has 0 saturated heterocycles. The summed E-state index contributed by atoms with van der Waals surface area (Å²) in [6.45, 7) is 1.20. The van der Waals surface area contributed by atoms with Gasteiger partial charge in [-0.15, -0.1) is 0 Å². The van der Waals surface area contributed by atoms with Gasteiger partial charge in [0, 0.05) is 12.2 Å². The molecule has 2 aromatic heterocycles. The Kier molecular flexibility index (Phi) is 5.20. The number of nitrogens with one attached hydrogen (secondary N) is 1. The third-order valence-electron chi connectivity index (χ3n) is 3.31. The smallest absolute Gasteiger partial charge is 0.317 e. The first kappa shape index (κ1) is 17.2. The Morgan fingerprint density at radius 2 is 2.08 bits per heavy atom. The number of benzene rings is 1. The number of ether oxygens (including phenoxy) is 1. The molecule has 3 rings (SSSR count). The second-order valence-corrected chi connectivity index (χ2v) is 5.92. The van der Waals surface area contributed by atoms with Crippen LogP contribution in [-0.2, 0) is 0 Å². The van der Waals surface area contributed by atoms with Gasteiger partial charge in [-0.1, -0.05) is 11.6 Å². The highest BCUT2D eigenvalue weighted by Crippen LogP contribution is 2.25. The molecule has 1 aromatic carbocycles. The van der Waals surface area contributed by atoms with Gasteiger partial charge in [-0.3, -0.25) is 0 Å². The summed E-state index contributed by atoms with van der Waals surface area (Å²) < 4.78 is 18.8. The Labute approximate surface area is 148 Å². The summed E-state index contributed by atoms with van der Waals surface area (Å²) in [5.74, 6) is -0.0359. The second-order valence-electron chi connectivity index (χ2n) is 5.51. The maximum Gasteiger partial charge on any atom is 0.317 e. The van der Waals surface area contributed by atoms with Gasteiger partial charge in [0.15, 0.2) is 5.82 Å². The van der Waals surface area contributed by atoms with E-state index in [4.69, 9.17) is 16.3 Å². The van der Waals surface area contributed by atoms with Crippen LogP contribution < -0.4 is 10.1 Å². The van der Waals surface area contributed by atoms with E-state index in [1.54, 1.807) is 12.3 Å². The van der Waals surface area contributed by atoms with Gasteiger partial charge in [0.05, 0.1) is 11.2 Å². The lowest BCUT2D eigenvalue weighted by Gasteiger charge is -2.11. The minimum absolute atomic E-state index is 0.0192. The molecular weight excluding hydrogens is 347 g/mol. The van der Waals surface area contributed by atoms with Crippen LogP contribution in [0.1, 0.15) is 0 Å². The van der Waals surface area contributed by atoms with Gasteiger partial charge in [-0.05, 0) is 32.3 Å². The minimum atomic E-state index is -0.487. The van der Waals surface area contributed by atoms with Crippen LogP contribution in [0.3, 0.4) is 0 Å². The van der Waals surface area contributed by atoms with Crippen molar-refractivity contribution in [2.75, 3.05) is 32.6 Å². The number of hydrogen-bond donors (Lipinski definition) is 1. The highest BCUT2D eigenvalue weighted by atomic mass is 35.5. The molecule has 0 amide bonds. The summed E-state index contributed by atoms with van der Waals surface area (Å²) in [6, 6.07) is 4.55. The molecule has 0 spiro atoms. The number of anilines is 2. The molecule has 2 heterocycles. The van der Waals surface area contributed by atoms with Crippen molar-refractivity contribution in [2.45, 2.75) is 0 Å². The molecule has 0 aliphatic rings. The van der Waals surface area contributed by atoms with Crippen LogP contribution in [-0.4, -0.2) is 52.1 Å². The van der Waals surface area contributed by atoms with Crippen molar-refractivity contribution in [3.8, 4) is 6.01 Å². The van der Waals surface area contributed by atoms with Gasteiger partial charge >= 0.3 is 6.01 Å². The zero-order valence-electron chi connectivity index (χ0n) is 13.7. The van der Waals surface area contributed by atoms with Crippen LogP contribution in [0.5, 0.6) is 6.01 Å². The summed E-state index contributed by atoms with van der Waals surface area (Å²) in [4.78, 5) is 18.8. The molecule has 0 unspecified atom stereocenters. The van der Waals surface area contributed by atoms with E-state index in [0.29, 0.717) is 29.1 Å². The van der Waals surface area contributed by atoms with Crippen LogP contribution in [0.15, 0.2) is 30.7 Å². The second kappa shape index (κ2) is 7.54. The first-order valence-corrected chi connectivity index (χ1v) is 7.88. The molecule has 0 aliphatic carbocycles. The quantitative estimate of drug-likeness (QED) is 0.722. The van der Waals surface area contributed by atoms with Crippen molar-refractivity contribution in [1.82, 2.24) is 24.8 Å². The van der Waals surface area contributed by atoms with E-state index in [2.05, 4.69) is 25.3 Å². The number of nitrogens with zero attached hydrogens (tertiary/aromatic N) is 5. The lowest BCUT2D eigenvalue weighted by atomic mass is 10.3. The highest BCUT2D eigenvalue weighted by Gasteiger charge is 2.10. The van der Waals surface area contributed by atoms with E-state index in [0.717, 1.165) is 6.54 Å². The van der Waals surface area contributed by atoms with Crippen LogP contribution >= 0.6 is 11.6 Å². The number of hydrogen-bond acceptors (Lipinski definition) is 7. The predicted octanol–water partition coefficient (Wildman–Crippen LogP) is 2.90. The van der Waals surface area contributed by atoms with E-state index in [1.165, 1.54) is 18.5 Å². The first-order valence-electron chi connectivity index (χ1n) is 7.50. The number of rotatable bonds is 6. The summed E-state index contributed by atoms with van der Waals surface area (Å²) in [6.07, 6.45) is 2.96. The van der Waals surface area contributed by atoms with Crippen molar-refractivity contribution in [1.29, 1.82) is 0 Å². The maximum absolute atomic E-state index is 13.3. The molecule has 9 heteroatoms. The topological polar surface area (TPSA) is 76.1 Å². The number of halogens is 2. The van der Waals surface area contributed by atoms with Crippen LogP contribution in [0.4, 0.5) is 15.9 Å². The third-order valence-corrected chi connectivity index (χ3v) is 3.60. The minimum Gasteiger partial charge on any atom is -0.462 e. The molecule has 0 radical (unpaired) electrons. The van der Waals surface area contributed by atoms with Crippen molar-refractivity contribution in [3.05, 3.63) is 41.6 Å². The molecule has 0 saturated carbocycles. The highest BCUT2D eigenvalue weighted by molar-refractivity contribution is 6.31. The van der Waals surface area contributed by atoms with E-state index < -0.39 is 5.82 Å². The fraction of sp³-hybridized carbons (Fsp3) is 0.250.